The third kappa shape index (κ3) is 2.95. The molecule has 3 rings (SSSR count). The number of aliphatic hydroxyl groups is 1. The molecule has 3 unspecified atom stereocenters. The summed E-state index contributed by atoms with van der Waals surface area (Å²) in [7, 11) is 0. The zero-order chi connectivity index (χ0) is 15.0. The van der Waals surface area contributed by atoms with Gasteiger partial charge in [-0.25, -0.2) is 0 Å². The maximum absolute atomic E-state index is 10.8. The Morgan fingerprint density at radius 1 is 1.33 bits per heavy atom. The lowest BCUT2D eigenvalue weighted by molar-refractivity contribution is -0.0127. The van der Waals surface area contributed by atoms with E-state index in [9.17, 15) is 5.11 Å². The monoisotopic (exact) mass is 289 g/mol. The Bertz CT molecular complexity index is 500. The van der Waals surface area contributed by atoms with Crippen molar-refractivity contribution in [3.05, 3.63) is 29.3 Å². The SMILES string of the molecule is CC1CCCN(C2COc3ccc(C(C)C)cc3C2O)C1. The summed E-state index contributed by atoms with van der Waals surface area (Å²) in [6.07, 6.45) is 2.09. The van der Waals surface area contributed by atoms with Gasteiger partial charge in [0.2, 0.25) is 0 Å². The van der Waals surface area contributed by atoms with Crippen LogP contribution in [0.25, 0.3) is 0 Å². The Morgan fingerprint density at radius 2 is 2.14 bits per heavy atom. The van der Waals surface area contributed by atoms with Crippen molar-refractivity contribution >= 4 is 0 Å². The molecule has 0 spiro atoms. The van der Waals surface area contributed by atoms with Gasteiger partial charge in [-0.15, -0.1) is 0 Å². The fraction of sp³-hybridized carbons (Fsp3) is 0.667. The van der Waals surface area contributed by atoms with Crippen LogP contribution in [0.2, 0.25) is 0 Å². The fourth-order valence-corrected chi connectivity index (χ4v) is 3.59. The van der Waals surface area contributed by atoms with Crippen molar-refractivity contribution in [1.29, 1.82) is 0 Å². The van der Waals surface area contributed by atoms with E-state index in [2.05, 4.69) is 37.8 Å². The van der Waals surface area contributed by atoms with Gasteiger partial charge in [0, 0.05) is 12.1 Å². The normalized spacial score (nSPS) is 30.0. The van der Waals surface area contributed by atoms with Crippen LogP contribution >= 0.6 is 0 Å². The predicted octanol–water partition coefficient (Wildman–Crippen LogP) is 3.34. The summed E-state index contributed by atoms with van der Waals surface area (Å²) in [6.45, 7) is 9.41. The van der Waals surface area contributed by atoms with Crippen molar-refractivity contribution in [2.24, 2.45) is 5.92 Å². The number of hydrogen-bond donors (Lipinski definition) is 1. The van der Waals surface area contributed by atoms with Crippen LogP contribution in [0, 0.1) is 5.92 Å². The highest BCUT2D eigenvalue weighted by atomic mass is 16.5. The molecule has 1 N–H and O–H groups in total. The van der Waals surface area contributed by atoms with Gasteiger partial charge in [-0.2, -0.15) is 0 Å². The molecule has 2 aliphatic rings. The maximum Gasteiger partial charge on any atom is 0.125 e. The molecular weight excluding hydrogens is 262 g/mol. The van der Waals surface area contributed by atoms with E-state index in [-0.39, 0.29) is 6.04 Å². The van der Waals surface area contributed by atoms with Crippen LogP contribution in [0.3, 0.4) is 0 Å². The molecular formula is C18H27NO2. The highest BCUT2D eigenvalue weighted by Gasteiger charge is 2.35. The Hall–Kier alpha value is -1.06. The Kier molecular flexibility index (Phi) is 4.23. The molecule has 0 aromatic heterocycles. The topological polar surface area (TPSA) is 32.7 Å². The minimum Gasteiger partial charge on any atom is -0.491 e. The first-order valence-electron chi connectivity index (χ1n) is 8.25. The number of likely N-dealkylation sites (tertiary alicyclic amines) is 1. The van der Waals surface area contributed by atoms with E-state index < -0.39 is 6.10 Å². The number of benzene rings is 1. The molecule has 2 aliphatic heterocycles. The van der Waals surface area contributed by atoms with E-state index in [1.165, 1.54) is 18.4 Å². The fourth-order valence-electron chi connectivity index (χ4n) is 3.59. The quantitative estimate of drug-likeness (QED) is 0.906. The second-order valence-electron chi connectivity index (χ2n) is 7.02. The molecule has 2 heterocycles. The molecule has 0 amide bonds. The van der Waals surface area contributed by atoms with Gasteiger partial charge in [0.05, 0.1) is 6.04 Å². The van der Waals surface area contributed by atoms with Crippen LogP contribution in [0.15, 0.2) is 18.2 Å². The van der Waals surface area contributed by atoms with Crippen LogP contribution in [-0.2, 0) is 0 Å². The van der Waals surface area contributed by atoms with Gasteiger partial charge in [-0.05, 0) is 48.9 Å². The summed E-state index contributed by atoms with van der Waals surface area (Å²) < 4.78 is 5.93. The van der Waals surface area contributed by atoms with Gasteiger partial charge in [0.25, 0.3) is 0 Å². The summed E-state index contributed by atoms with van der Waals surface area (Å²) in [5, 5.41) is 10.8. The van der Waals surface area contributed by atoms with E-state index in [0.29, 0.717) is 18.4 Å². The molecule has 0 aliphatic carbocycles. The summed E-state index contributed by atoms with van der Waals surface area (Å²) in [5.41, 5.74) is 2.24. The molecule has 1 fully saturated rings. The predicted molar refractivity (Wildman–Crippen MR) is 84.7 cm³/mol. The van der Waals surface area contributed by atoms with Gasteiger partial charge in [0.1, 0.15) is 18.5 Å². The zero-order valence-electron chi connectivity index (χ0n) is 13.4. The van der Waals surface area contributed by atoms with Crippen LogP contribution < -0.4 is 4.74 Å². The molecule has 0 saturated carbocycles. The standard InChI is InChI=1S/C18H27NO2/c1-12(2)14-6-7-17-15(9-14)18(20)16(11-21-17)19-8-4-5-13(3)10-19/h6-7,9,12-13,16,18,20H,4-5,8,10-11H2,1-3H3. The van der Waals surface area contributed by atoms with Crippen molar-refractivity contribution in [3.63, 3.8) is 0 Å². The van der Waals surface area contributed by atoms with Gasteiger partial charge in [-0.3, -0.25) is 4.90 Å². The molecule has 3 atom stereocenters. The van der Waals surface area contributed by atoms with E-state index >= 15 is 0 Å². The average Bonchev–Trinajstić information content (AvgIpc) is 2.47. The average molecular weight is 289 g/mol. The van der Waals surface area contributed by atoms with Gasteiger partial charge in [0.15, 0.2) is 0 Å². The van der Waals surface area contributed by atoms with E-state index in [0.717, 1.165) is 24.4 Å². The smallest absolute Gasteiger partial charge is 0.125 e. The summed E-state index contributed by atoms with van der Waals surface area (Å²) in [6, 6.07) is 6.36. The highest BCUT2D eigenvalue weighted by Crippen LogP contribution is 2.37. The molecule has 1 aromatic rings. The van der Waals surface area contributed by atoms with Crippen LogP contribution in [-0.4, -0.2) is 35.7 Å². The molecule has 0 radical (unpaired) electrons. The molecule has 21 heavy (non-hydrogen) atoms. The minimum atomic E-state index is -0.433. The first-order valence-corrected chi connectivity index (χ1v) is 8.25. The minimum absolute atomic E-state index is 0.0997. The summed E-state index contributed by atoms with van der Waals surface area (Å²) in [5.74, 6) is 2.04. The van der Waals surface area contributed by atoms with Crippen molar-refractivity contribution in [3.8, 4) is 5.75 Å². The number of ether oxygens (including phenoxy) is 1. The van der Waals surface area contributed by atoms with Gasteiger partial charge >= 0.3 is 0 Å². The Morgan fingerprint density at radius 3 is 2.86 bits per heavy atom. The van der Waals surface area contributed by atoms with E-state index in [1.54, 1.807) is 0 Å². The van der Waals surface area contributed by atoms with Crippen LogP contribution in [0.4, 0.5) is 0 Å². The maximum atomic E-state index is 10.8. The first-order chi connectivity index (χ1) is 10.1. The summed E-state index contributed by atoms with van der Waals surface area (Å²) >= 11 is 0. The van der Waals surface area contributed by atoms with Gasteiger partial charge in [-0.1, -0.05) is 26.8 Å². The highest BCUT2D eigenvalue weighted by molar-refractivity contribution is 5.42. The van der Waals surface area contributed by atoms with E-state index in [4.69, 9.17) is 4.74 Å². The Balaban J connectivity index is 1.83. The lowest BCUT2D eigenvalue weighted by atomic mass is 9.91. The van der Waals surface area contributed by atoms with Crippen LogP contribution in [0.5, 0.6) is 5.75 Å². The molecule has 1 saturated heterocycles. The van der Waals surface area contributed by atoms with Crippen molar-refractivity contribution < 1.29 is 9.84 Å². The van der Waals surface area contributed by atoms with Crippen molar-refractivity contribution in [2.45, 2.75) is 51.7 Å². The molecule has 116 valence electrons. The first kappa shape index (κ1) is 14.9. The number of piperidine rings is 1. The summed E-state index contributed by atoms with van der Waals surface area (Å²) in [4.78, 5) is 2.42. The van der Waals surface area contributed by atoms with E-state index in [1.807, 2.05) is 6.07 Å². The number of nitrogens with zero attached hydrogens (tertiary/aromatic N) is 1. The zero-order valence-corrected chi connectivity index (χ0v) is 13.4. The van der Waals surface area contributed by atoms with Gasteiger partial charge < -0.3 is 9.84 Å². The molecule has 1 aromatic carbocycles. The largest absolute Gasteiger partial charge is 0.491 e. The number of aliphatic hydroxyl groups excluding tert-OH is 1. The van der Waals surface area contributed by atoms with Crippen molar-refractivity contribution in [2.75, 3.05) is 19.7 Å². The third-order valence-electron chi connectivity index (χ3n) is 4.95. The van der Waals surface area contributed by atoms with Crippen LogP contribution in [0.1, 0.15) is 56.8 Å². The second-order valence-corrected chi connectivity index (χ2v) is 7.02. The number of rotatable bonds is 2. The second kappa shape index (κ2) is 5.98. The van der Waals surface area contributed by atoms with Crippen molar-refractivity contribution in [1.82, 2.24) is 4.90 Å². The third-order valence-corrected chi connectivity index (χ3v) is 4.95. The Labute approximate surface area is 127 Å². The lowest BCUT2D eigenvalue weighted by Gasteiger charge is -2.41. The molecule has 3 nitrogen and oxygen atoms in total. The number of hydrogen-bond acceptors (Lipinski definition) is 3. The molecule has 3 heteroatoms. The molecule has 0 bridgehead atoms. The number of fused-ring (bicyclic) bond motifs is 1. The lowest BCUT2D eigenvalue weighted by Crippen LogP contribution is -2.49.